The smallest absolute Gasteiger partial charge is 0.110 e. The third-order valence-corrected chi connectivity index (χ3v) is 3.99. The lowest BCUT2D eigenvalue weighted by atomic mass is 10.3. The monoisotopic (exact) mass is 239 g/mol. The molecule has 0 radical (unpaired) electrons. The Morgan fingerprint density at radius 3 is 2.53 bits per heavy atom. The number of hydrogen-bond donors (Lipinski definition) is 1. The molecule has 0 amide bonds. The lowest BCUT2D eigenvalue weighted by Crippen LogP contribution is -2.03. The summed E-state index contributed by atoms with van der Waals surface area (Å²) in [4.78, 5) is 10.2. The summed E-state index contributed by atoms with van der Waals surface area (Å²) >= 11 is 3.30. The van der Waals surface area contributed by atoms with Crippen molar-refractivity contribution in [3.63, 3.8) is 0 Å². The van der Waals surface area contributed by atoms with Crippen LogP contribution in [0.2, 0.25) is 0 Å². The van der Waals surface area contributed by atoms with E-state index in [4.69, 9.17) is 5.73 Å². The number of rotatable bonds is 2. The van der Waals surface area contributed by atoms with Crippen molar-refractivity contribution in [2.75, 3.05) is 0 Å². The van der Waals surface area contributed by atoms with E-state index in [0.717, 1.165) is 21.4 Å². The minimum absolute atomic E-state index is 0.00351. The Morgan fingerprint density at radius 1 is 1.33 bits per heavy atom. The molecule has 0 fully saturated rings. The van der Waals surface area contributed by atoms with Crippen LogP contribution in [0.4, 0.5) is 0 Å². The maximum absolute atomic E-state index is 5.78. The number of aromatic nitrogens is 2. The molecule has 0 saturated carbocycles. The van der Waals surface area contributed by atoms with Crippen LogP contribution in [-0.4, -0.2) is 9.97 Å². The fourth-order valence-corrected chi connectivity index (χ4v) is 2.96. The molecule has 3 nitrogen and oxygen atoms in total. The molecule has 2 rings (SSSR count). The summed E-state index contributed by atoms with van der Waals surface area (Å²) < 4.78 is 0. The highest BCUT2D eigenvalue weighted by Gasteiger charge is 2.12. The first kappa shape index (κ1) is 10.7. The van der Waals surface area contributed by atoms with Gasteiger partial charge < -0.3 is 5.73 Å². The van der Waals surface area contributed by atoms with E-state index in [1.807, 2.05) is 19.2 Å². The first-order valence-electron chi connectivity index (χ1n) is 4.73. The molecule has 5 heteroatoms. The van der Waals surface area contributed by atoms with Gasteiger partial charge in [0.1, 0.15) is 16.4 Å². The maximum Gasteiger partial charge on any atom is 0.110 e. The van der Waals surface area contributed by atoms with Crippen LogP contribution in [0, 0.1) is 13.8 Å². The lowest BCUT2D eigenvalue weighted by Gasteiger charge is -1.96. The number of aryl methyl sites for hydroxylation is 2. The van der Waals surface area contributed by atoms with Crippen LogP contribution in [0.15, 0.2) is 5.38 Å². The van der Waals surface area contributed by atoms with Gasteiger partial charge in [-0.05, 0) is 20.8 Å². The van der Waals surface area contributed by atoms with Crippen LogP contribution in [0.1, 0.15) is 27.9 Å². The fraction of sp³-hybridized carbons (Fsp3) is 0.400. The summed E-state index contributed by atoms with van der Waals surface area (Å²) in [6.45, 7) is 6.03. The van der Waals surface area contributed by atoms with Crippen LogP contribution in [0.5, 0.6) is 0 Å². The molecule has 0 aliphatic heterocycles. The zero-order valence-electron chi connectivity index (χ0n) is 8.94. The molecule has 2 heterocycles. The van der Waals surface area contributed by atoms with E-state index in [0.29, 0.717) is 0 Å². The first-order valence-corrected chi connectivity index (χ1v) is 6.43. The largest absolute Gasteiger partial charge is 0.322 e. The summed E-state index contributed by atoms with van der Waals surface area (Å²) in [5.41, 5.74) is 7.73. The molecule has 0 aliphatic carbocycles. The predicted octanol–water partition coefficient (Wildman–Crippen LogP) is 2.90. The normalized spacial score (nSPS) is 13.1. The Kier molecular flexibility index (Phi) is 2.86. The van der Waals surface area contributed by atoms with Crippen LogP contribution < -0.4 is 5.73 Å². The summed E-state index contributed by atoms with van der Waals surface area (Å²) in [7, 11) is 0. The van der Waals surface area contributed by atoms with Crippen molar-refractivity contribution in [1.82, 2.24) is 9.97 Å². The molecule has 0 bridgehead atoms. The van der Waals surface area contributed by atoms with E-state index in [9.17, 15) is 0 Å². The third-order valence-electron chi connectivity index (χ3n) is 2.06. The zero-order valence-corrected chi connectivity index (χ0v) is 10.6. The Balaban J connectivity index is 2.41. The second kappa shape index (κ2) is 4.00. The Bertz CT molecular complexity index is 471. The standard InChI is InChI=1S/C10H13N3S2/c1-5(11)10-13-8(4-14-10)9-6(2)15-7(3)12-9/h4-5H,11H2,1-3H3. The van der Waals surface area contributed by atoms with Gasteiger partial charge in [0.2, 0.25) is 0 Å². The van der Waals surface area contributed by atoms with Gasteiger partial charge in [0.15, 0.2) is 0 Å². The molecule has 2 aromatic heterocycles. The van der Waals surface area contributed by atoms with Crippen molar-refractivity contribution in [3.8, 4) is 11.4 Å². The molecule has 2 N–H and O–H groups in total. The van der Waals surface area contributed by atoms with E-state index in [-0.39, 0.29) is 6.04 Å². The third kappa shape index (κ3) is 2.09. The molecule has 1 unspecified atom stereocenters. The van der Waals surface area contributed by atoms with Gasteiger partial charge in [-0.2, -0.15) is 0 Å². The highest BCUT2D eigenvalue weighted by atomic mass is 32.1. The maximum atomic E-state index is 5.78. The van der Waals surface area contributed by atoms with E-state index in [1.54, 1.807) is 22.7 Å². The van der Waals surface area contributed by atoms with E-state index in [2.05, 4.69) is 16.9 Å². The Labute approximate surface area is 97.0 Å². The molecule has 0 saturated heterocycles. The van der Waals surface area contributed by atoms with Crippen molar-refractivity contribution in [2.45, 2.75) is 26.8 Å². The van der Waals surface area contributed by atoms with Gasteiger partial charge in [0.05, 0.1) is 11.0 Å². The molecule has 1 atom stereocenters. The molecule has 80 valence electrons. The van der Waals surface area contributed by atoms with Crippen molar-refractivity contribution in [1.29, 1.82) is 0 Å². The number of thiazole rings is 2. The number of nitrogens with zero attached hydrogens (tertiary/aromatic N) is 2. The summed E-state index contributed by atoms with van der Waals surface area (Å²) in [6, 6.07) is 0.00351. The average molecular weight is 239 g/mol. The fourth-order valence-electron chi connectivity index (χ4n) is 1.37. The molecular weight excluding hydrogens is 226 g/mol. The average Bonchev–Trinajstić information content (AvgIpc) is 2.71. The summed E-state index contributed by atoms with van der Waals surface area (Å²) in [6.07, 6.45) is 0. The second-order valence-corrected chi connectivity index (χ2v) is 5.79. The molecule has 0 aromatic carbocycles. The van der Waals surface area contributed by atoms with Gasteiger partial charge in [0.25, 0.3) is 0 Å². The van der Waals surface area contributed by atoms with E-state index >= 15 is 0 Å². The highest BCUT2D eigenvalue weighted by Crippen LogP contribution is 2.29. The summed E-state index contributed by atoms with van der Waals surface area (Å²) in [5.74, 6) is 0. The van der Waals surface area contributed by atoms with Crippen LogP contribution in [0.3, 0.4) is 0 Å². The zero-order chi connectivity index (χ0) is 11.0. The Hall–Kier alpha value is -0.780. The molecule has 0 spiro atoms. The van der Waals surface area contributed by atoms with Gasteiger partial charge in [-0.15, -0.1) is 22.7 Å². The van der Waals surface area contributed by atoms with E-state index < -0.39 is 0 Å². The van der Waals surface area contributed by atoms with Crippen molar-refractivity contribution >= 4 is 22.7 Å². The SMILES string of the molecule is Cc1nc(-c2csc(C(C)N)n2)c(C)s1. The van der Waals surface area contributed by atoms with Crippen LogP contribution in [-0.2, 0) is 0 Å². The molecule has 0 aliphatic rings. The predicted molar refractivity (Wildman–Crippen MR) is 65.3 cm³/mol. The van der Waals surface area contributed by atoms with E-state index in [1.165, 1.54) is 4.88 Å². The minimum Gasteiger partial charge on any atom is -0.322 e. The first-order chi connectivity index (χ1) is 7.08. The highest BCUT2D eigenvalue weighted by molar-refractivity contribution is 7.12. The molecular formula is C10H13N3S2. The quantitative estimate of drug-likeness (QED) is 0.876. The Morgan fingerprint density at radius 2 is 2.07 bits per heavy atom. The van der Waals surface area contributed by atoms with Crippen molar-refractivity contribution in [2.24, 2.45) is 5.73 Å². The number of nitrogens with two attached hydrogens (primary N) is 1. The van der Waals surface area contributed by atoms with Crippen molar-refractivity contribution in [3.05, 3.63) is 20.3 Å². The topological polar surface area (TPSA) is 51.8 Å². The number of hydrogen-bond acceptors (Lipinski definition) is 5. The van der Waals surface area contributed by atoms with Crippen molar-refractivity contribution < 1.29 is 0 Å². The van der Waals surface area contributed by atoms with Gasteiger partial charge in [0, 0.05) is 10.3 Å². The van der Waals surface area contributed by atoms with Gasteiger partial charge >= 0.3 is 0 Å². The summed E-state index contributed by atoms with van der Waals surface area (Å²) in [5, 5.41) is 4.08. The van der Waals surface area contributed by atoms with Gasteiger partial charge in [-0.1, -0.05) is 0 Å². The molecule has 15 heavy (non-hydrogen) atoms. The molecule has 2 aromatic rings. The second-order valence-electron chi connectivity index (χ2n) is 3.50. The van der Waals surface area contributed by atoms with Crippen LogP contribution in [0.25, 0.3) is 11.4 Å². The minimum atomic E-state index is 0.00351. The van der Waals surface area contributed by atoms with Crippen LogP contribution >= 0.6 is 22.7 Å². The van der Waals surface area contributed by atoms with Gasteiger partial charge in [-0.3, -0.25) is 0 Å². The lowest BCUT2D eigenvalue weighted by molar-refractivity contribution is 0.807. The van der Waals surface area contributed by atoms with Gasteiger partial charge in [-0.25, -0.2) is 9.97 Å².